The SMILES string of the molecule is COc1ccc(C(=O)Nc2cccc(CNCC3CCN(C4CC4)C3)c2)cc1. The van der Waals surface area contributed by atoms with Crippen LogP contribution in [0, 0.1) is 5.92 Å². The van der Waals surface area contributed by atoms with E-state index in [9.17, 15) is 4.79 Å². The molecule has 1 saturated heterocycles. The van der Waals surface area contributed by atoms with Gasteiger partial charge in [0, 0.05) is 30.4 Å². The summed E-state index contributed by atoms with van der Waals surface area (Å²) in [7, 11) is 1.62. The zero-order valence-corrected chi connectivity index (χ0v) is 16.5. The number of carbonyl (C=O) groups excluding carboxylic acids is 1. The summed E-state index contributed by atoms with van der Waals surface area (Å²) >= 11 is 0. The third-order valence-electron chi connectivity index (χ3n) is 5.68. The Bertz CT molecular complexity index is 802. The first-order valence-electron chi connectivity index (χ1n) is 10.2. The first-order valence-corrected chi connectivity index (χ1v) is 10.2. The molecule has 1 atom stereocenters. The molecule has 2 N–H and O–H groups in total. The van der Waals surface area contributed by atoms with Crippen LogP contribution in [0.2, 0.25) is 0 Å². The molecule has 148 valence electrons. The molecule has 2 aliphatic rings. The quantitative estimate of drug-likeness (QED) is 0.737. The van der Waals surface area contributed by atoms with E-state index in [1.54, 1.807) is 31.4 Å². The van der Waals surface area contributed by atoms with Gasteiger partial charge >= 0.3 is 0 Å². The van der Waals surface area contributed by atoms with Crippen molar-refractivity contribution in [1.29, 1.82) is 0 Å². The molecule has 1 amide bonds. The predicted molar refractivity (Wildman–Crippen MR) is 112 cm³/mol. The summed E-state index contributed by atoms with van der Waals surface area (Å²) in [6.07, 6.45) is 4.10. The van der Waals surface area contributed by atoms with E-state index in [1.165, 1.54) is 37.9 Å². The summed E-state index contributed by atoms with van der Waals surface area (Å²) in [5.41, 5.74) is 2.62. The van der Waals surface area contributed by atoms with Gasteiger partial charge in [-0.25, -0.2) is 0 Å². The maximum atomic E-state index is 12.4. The van der Waals surface area contributed by atoms with Gasteiger partial charge < -0.3 is 20.3 Å². The van der Waals surface area contributed by atoms with Crippen LogP contribution in [0.3, 0.4) is 0 Å². The van der Waals surface area contributed by atoms with Crippen molar-refractivity contribution in [2.75, 3.05) is 32.1 Å². The fourth-order valence-corrected chi connectivity index (χ4v) is 3.93. The first-order chi connectivity index (χ1) is 13.7. The second-order valence-electron chi connectivity index (χ2n) is 7.89. The number of nitrogens with one attached hydrogen (secondary N) is 2. The Morgan fingerprint density at radius 1 is 1.14 bits per heavy atom. The lowest BCUT2D eigenvalue weighted by Crippen LogP contribution is -2.27. The molecule has 0 bridgehead atoms. The Kier molecular flexibility index (Phi) is 5.93. The number of hydrogen-bond acceptors (Lipinski definition) is 4. The van der Waals surface area contributed by atoms with Gasteiger partial charge in [-0.15, -0.1) is 0 Å². The van der Waals surface area contributed by atoms with E-state index in [0.29, 0.717) is 5.56 Å². The van der Waals surface area contributed by atoms with Crippen LogP contribution in [0.25, 0.3) is 0 Å². The van der Waals surface area contributed by atoms with Crippen molar-refractivity contribution in [3.05, 3.63) is 59.7 Å². The molecule has 1 unspecified atom stereocenters. The monoisotopic (exact) mass is 379 g/mol. The molecule has 1 heterocycles. The van der Waals surface area contributed by atoms with Crippen molar-refractivity contribution in [3.8, 4) is 5.75 Å². The molecule has 1 saturated carbocycles. The number of rotatable bonds is 8. The van der Waals surface area contributed by atoms with Crippen molar-refractivity contribution in [2.24, 2.45) is 5.92 Å². The van der Waals surface area contributed by atoms with E-state index in [4.69, 9.17) is 4.74 Å². The number of amides is 1. The van der Waals surface area contributed by atoms with Gasteiger partial charge in [0.2, 0.25) is 0 Å². The van der Waals surface area contributed by atoms with Crippen LogP contribution in [0.1, 0.15) is 35.2 Å². The van der Waals surface area contributed by atoms with Gasteiger partial charge in [0.25, 0.3) is 5.91 Å². The van der Waals surface area contributed by atoms with Crippen LogP contribution in [0.15, 0.2) is 48.5 Å². The molecule has 5 heteroatoms. The van der Waals surface area contributed by atoms with Gasteiger partial charge in [-0.05, 0) is 80.2 Å². The molecule has 5 nitrogen and oxygen atoms in total. The van der Waals surface area contributed by atoms with Gasteiger partial charge in [0.05, 0.1) is 7.11 Å². The number of benzene rings is 2. The number of carbonyl (C=O) groups is 1. The highest BCUT2D eigenvalue weighted by molar-refractivity contribution is 6.04. The van der Waals surface area contributed by atoms with Gasteiger partial charge in [-0.1, -0.05) is 12.1 Å². The minimum Gasteiger partial charge on any atom is -0.497 e. The van der Waals surface area contributed by atoms with Gasteiger partial charge in [0.1, 0.15) is 5.75 Å². The third kappa shape index (κ3) is 4.91. The minimum atomic E-state index is -0.112. The van der Waals surface area contributed by atoms with Crippen molar-refractivity contribution in [1.82, 2.24) is 10.2 Å². The summed E-state index contributed by atoms with van der Waals surface area (Å²) in [6, 6.07) is 16.1. The van der Waals surface area contributed by atoms with Crippen molar-refractivity contribution in [2.45, 2.75) is 31.8 Å². The normalized spacial score (nSPS) is 19.5. The lowest BCUT2D eigenvalue weighted by atomic mass is 10.1. The highest BCUT2D eigenvalue weighted by atomic mass is 16.5. The fourth-order valence-electron chi connectivity index (χ4n) is 3.93. The van der Waals surface area contributed by atoms with E-state index in [0.717, 1.165) is 36.5 Å². The van der Waals surface area contributed by atoms with Crippen LogP contribution >= 0.6 is 0 Å². The van der Waals surface area contributed by atoms with Crippen molar-refractivity contribution in [3.63, 3.8) is 0 Å². The molecule has 2 fully saturated rings. The Hall–Kier alpha value is -2.37. The zero-order valence-electron chi connectivity index (χ0n) is 16.5. The molecule has 0 aromatic heterocycles. The summed E-state index contributed by atoms with van der Waals surface area (Å²) in [5, 5.41) is 6.57. The molecule has 0 radical (unpaired) electrons. The number of ether oxygens (including phenoxy) is 1. The Morgan fingerprint density at radius 3 is 2.71 bits per heavy atom. The average Bonchev–Trinajstić information content (AvgIpc) is 3.47. The Morgan fingerprint density at radius 2 is 1.96 bits per heavy atom. The summed E-state index contributed by atoms with van der Waals surface area (Å²) in [6.45, 7) is 4.40. The first kappa shape index (κ1) is 19.0. The largest absolute Gasteiger partial charge is 0.497 e. The van der Waals surface area contributed by atoms with E-state index in [2.05, 4.69) is 21.6 Å². The molecule has 2 aromatic rings. The second kappa shape index (κ2) is 8.76. The molecular formula is C23H29N3O2. The lowest BCUT2D eigenvalue weighted by Gasteiger charge is -2.15. The number of hydrogen-bond donors (Lipinski definition) is 2. The Balaban J connectivity index is 1.26. The van der Waals surface area contributed by atoms with E-state index in [1.807, 2.05) is 18.2 Å². The van der Waals surface area contributed by atoms with Crippen LogP contribution in [0.5, 0.6) is 5.75 Å². The summed E-state index contributed by atoms with van der Waals surface area (Å²) in [5.74, 6) is 1.39. The average molecular weight is 380 g/mol. The molecule has 28 heavy (non-hydrogen) atoms. The molecule has 4 rings (SSSR count). The number of anilines is 1. The van der Waals surface area contributed by atoms with Gasteiger partial charge in [-0.3, -0.25) is 4.79 Å². The van der Waals surface area contributed by atoms with Gasteiger partial charge in [0.15, 0.2) is 0 Å². The predicted octanol–water partition coefficient (Wildman–Crippen LogP) is 3.52. The third-order valence-corrected chi connectivity index (χ3v) is 5.68. The summed E-state index contributed by atoms with van der Waals surface area (Å²) < 4.78 is 5.14. The smallest absolute Gasteiger partial charge is 0.255 e. The van der Waals surface area contributed by atoms with Gasteiger partial charge in [-0.2, -0.15) is 0 Å². The van der Waals surface area contributed by atoms with E-state index < -0.39 is 0 Å². The number of nitrogens with zero attached hydrogens (tertiary/aromatic N) is 1. The molecule has 1 aliphatic carbocycles. The van der Waals surface area contributed by atoms with Crippen LogP contribution in [-0.2, 0) is 6.54 Å². The molecular weight excluding hydrogens is 350 g/mol. The minimum absolute atomic E-state index is 0.112. The number of likely N-dealkylation sites (tertiary alicyclic amines) is 1. The van der Waals surface area contributed by atoms with Crippen molar-refractivity contribution < 1.29 is 9.53 Å². The van der Waals surface area contributed by atoms with Crippen LogP contribution in [-0.4, -0.2) is 43.6 Å². The molecule has 0 spiro atoms. The van der Waals surface area contributed by atoms with E-state index >= 15 is 0 Å². The zero-order chi connectivity index (χ0) is 19.3. The molecule has 1 aliphatic heterocycles. The van der Waals surface area contributed by atoms with E-state index in [-0.39, 0.29) is 5.91 Å². The Labute approximate surface area is 167 Å². The van der Waals surface area contributed by atoms with Crippen LogP contribution in [0.4, 0.5) is 5.69 Å². The fraction of sp³-hybridized carbons (Fsp3) is 0.435. The van der Waals surface area contributed by atoms with Crippen molar-refractivity contribution >= 4 is 11.6 Å². The standard InChI is InChI=1S/C23H29N3O2/c1-28-22-9-5-19(6-10-22)23(27)25-20-4-2-3-17(13-20)14-24-15-18-11-12-26(16-18)21-7-8-21/h2-6,9-10,13,18,21,24H,7-8,11-12,14-16H2,1H3,(H,25,27). The van der Waals surface area contributed by atoms with Crippen LogP contribution < -0.4 is 15.4 Å². The molecule has 2 aromatic carbocycles. The maximum Gasteiger partial charge on any atom is 0.255 e. The summed E-state index contributed by atoms with van der Waals surface area (Å²) in [4.78, 5) is 15.1. The topological polar surface area (TPSA) is 53.6 Å². The second-order valence-corrected chi connectivity index (χ2v) is 7.89. The number of methoxy groups -OCH3 is 1. The lowest BCUT2D eigenvalue weighted by molar-refractivity contribution is 0.102. The highest BCUT2D eigenvalue weighted by Gasteiger charge is 2.33. The highest BCUT2D eigenvalue weighted by Crippen LogP contribution is 2.31. The maximum absolute atomic E-state index is 12.4.